The number of aromatic nitrogens is 2. The van der Waals surface area contributed by atoms with Gasteiger partial charge in [0.15, 0.2) is 6.29 Å². The highest BCUT2D eigenvalue weighted by molar-refractivity contribution is 7.17. The molecule has 0 aliphatic rings. The Labute approximate surface area is 122 Å². The minimum atomic E-state index is -0.518. The Morgan fingerprint density at radius 3 is 3.05 bits per heavy atom. The van der Waals surface area contributed by atoms with E-state index in [4.69, 9.17) is 4.74 Å². The molecule has 0 radical (unpaired) electrons. The maximum Gasteiger partial charge on any atom is 0.268 e. The number of aldehydes is 1. The van der Waals surface area contributed by atoms with E-state index in [9.17, 15) is 14.0 Å². The van der Waals surface area contributed by atoms with Crippen LogP contribution in [0.1, 0.15) is 16.2 Å². The minimum absolute atomic E-state index is 0.0203. The van der Waals surface area contributed by atoms with Gasteiger partial charge in [0.25, 0.3) is 5.56 Å². The molecule has 0 spiro atoms. The van der Waals surface area contributed by atoms with E-state index < -0.39 is 5.82 Å². The molecular weight excluding hydrogens is 295 g/mol. The number of carbonyl (C=O) groups is 1. The Balaban J connectivity index is 1.86. The molecule has 21 heavy (non-hydrogen) atoms. The van der Waals surface area contributed by atoms with E-state index in [1.165, 1.54) is 23.5 Å². The topological polar surface area (TPSA) is 72.0 Å². The number of hydrogen-bond acceptors (Lipinski definition) is 5. The second kappa shape index (κ2) is 5.45. The van der Waals surface area contributed by atoms with E-state index in [2.05, 4.69) is 9.97 Å². The van der Waals surface area contributed by atoms with Crippen molar-refractivity contribution in [2.24, 2.45) is 0 Å². The smallest absolute Gasteiger partial charge is 0.268 e. The third kappa shape index (κ3) is 2.68. The van der Waals surface area contributed by atoms with Gasteiger partial charge in [-0.1, -0.05) is 0 Å². The number of nitrogens with one attached hydrogen (secondary N) is 1. The van der Waals surface area contributed by atoms with Crippen molar-refractivity contribution < 1.29 is 13.9 Å². The summed E-state index contributed by atoms with van der Waals surface area (Å²) in [6, 6.07) is 5.38. The highest BCUT2D eigenvalue weighted by atomic mass is 32.1. The predicted octanol–water partition coefficient (Wildman–Crippen LogP) is 2.52. The van der Waals surface area contributed by atoms with Crippen LogP contribution < -0.4 is 10.3 Å². The van der Waals surface area contributed by atoms with Gasteiger partial charge >= 0.3 is 0 Å². The minimum Gasteiger partial charge on any atom is -0.485 e. The quantitative estimate of drug-likeness (QED) is 0.752. The summed E-state index contributed by atoms with van der Waals surface area (Å²) in [6.07, 6.45) is 0.511. The second-order valence-corrected chi connectivity index (χ2v) is 5.15. The number of benzene rings is 1. The zero-order valence-corrected chi connectivity index (χ0v) is 11.4. The molecule has 3 rings (SSSR count). The van der Waals surface area contributed by atoms with Crippen molar-refractivity contribution in [3.63, 3.8) is 0 Å². The molecule has 7 heteroatoms. The first-order chi connectivity index (χ1) is 10.2. The van der Waals surface area contributed by atoms with Crippen LogP contribution in [0.15, 0.2) is 34.4 Å². The number of rotatable bonds is 4. The van der Waals surface area contributed by atoms with E-state index in [-0.39, 0.29) is 23.5 Å². The van der Waals surface area contributed by atoms with Gasteiger partial charge in [-0.2, -0.15) is 0 Å². The van der Waals surface area contributed by atoms with Crippen LogP contribution in [0.5, 0.6) is 5.75 Å². The van der Waals surface area contributed by atoms with Crippen LogP contribution in [-0.2, 0) is 6.61 Å². The summed E-state index contributed by atoms with van der Waals surface area (Å²) in [6.45, 7) is -0.0203. The summed E-state index contributed by atoms with van der Waals surface area (Å²) in [4.78, 5) is 29.5. The normalized spacial score (nSPS) is 10.7. The number of thiophene rings is 1. The number of nitrogens with zero attached hydrogens (tertiary/aromatic N) is 1. The second-order valence-electron chi connectivity index (χ2n) is 4.24. The van der Waals surface area contributed by atoms with Crippen LogP contribution in [-0.4, -0.2) is 16.3 Å². The summed E-state index contributed by atoms with van der Waals surface area (Å²) in [7, 11) is 0. The zero-order chi connectivity index (χ0) is 14.8. The van der Waals surface area contributed by atoms with Gasteiger partial charge in [0.2, 0.25) is 0 Å². The van der Waals surface area contributed by atoms with Crippen molar-refractivity contribution in [3.8, 4) is 5.75 Å². The molecular formula is C14H9FN2O3S. The Kier molecular flexibility index (Phi) is 3.49. The van der Waals surface area contributed by atoms with Crippen molar-refractivity contribution in [2.45, 2.75) is 6.61 Å². The van der Waals surface area contributed by atoms with Crippen LogP contribution in [0.4, 0.5) is 4.39 Å². The van der Waals surface area contributed by atoms with Crippen molar-refractivity contribution in [3.05, 3.63) is 57.2 Å². The Morgan fingerprint density at radius 1 is 1.38 bits per heavy atom. The maximum atomic E-state index is 13.0. The van der Waals surface area contributed by atoms with E-state index in [0.29, 0.717) is 22.3 Å². The molecule has 0 bridgehead atoms. The molecule has 1 N–H and O–H groups in total. The Bertz CT molecular complexity index is 872. The molecule has 1 aromatic carbocycles. The average Bonchev–Trinajstić information content (AvgIpc) is 2.94. The number of ether oxygens (including phenoxy) is 1. The van der Waals surface area contributed by atoms with Gasteiger partial charge in [0.05, 0.1) is 11.1 Å². The summed E-state index contributed by atoms with van der Waals surface area (Å²) >= 11 is 1.31. The summed E-state index contributed by atoms with van der Waals surface area (Å²) in [5, 5.41) is 1.78. The van der Waals surface area contributed by atoms with Gasteiger partial charge in [0, 0.05) is 0 Å². The SMILES string of the molecule is O=Cc1cc(F)ccc1OCc1nc2ccsc2c(=O)[nH]1. The molecule has 5 nitrogen and oxygen atoms in total. The van der Waals surface area contributed by atoms with Crippen molar-refractivity contribution in [1.29, 1.82) is 0 Å². The first-order valence-electron chi connectivity index (χ1n) is 6.01. The first-order valence-corrected chi connectivity index (χ1v) is 6.89. The standard InChI is InChI=1S/C14H9FN2O3S/c15-9-1-2-11(8(5-9)6-18)20-7-12-16-10-3-4-21-13(10)14(19)17-12/h1-6H,7H2,(H,16,17,19). The molecule has 0 fully saturated rings. The maximum absolute atomic E-state index is 13.0. The lowest BCUT2D eigenvalue weighted by Crippen LogP contribution is -2.12. The van der Waals surface area contributed by atoms with Gasteiger partial charge in [-0.05, 0) is 29.6 Å². The number of aromatic amines is 1. The predicted molar refractivity (Wildman–Crippen MR) is 76.4 cm³/mol. The van der Waals surface area contributed by atoms with E-state index >= 15 is 0 Å². The molecule has 0 amide bonds. The van der Waals surface area contributed by atoms with E-state index in [0.717, 1.165) is 6.07 Å². The number of H-pyrrole nitrogens is 1. The lowest BCUT2D eigenvalue weighted by molar-refractivity contribution is 0.111. The average molecular weight is 304 g/mol. The van der Waals surface area contributed by atoms with Gasteiger partial charge in [-0.15, -0.1) is 11.3 Å². The fraction of sp³-hybridized carbons (Fsp3) is 0.0714. The summed E-state index contributed by atoms with van der Waals surface area (Å²) in [5.41, 5.74) is 0.467. The summed E-state index contributed by atoms with van der Waals surface area (Å²) < 4.78 is 19.0. The van der Waals surface area contributed by atoms with Crippen molar-refractivity contribution in [2.75, 3.05) is 0 Å². The number of hydrogen-bond donors (Lipinski definition) is 1. The zero-order valence-electron chi connectivity index (χ0n) is 10.6. The third-order valence-corrected chi connectivity index (χ3v) is 3.73. The van der Waals surface area contributed by atoms with Crippen LogP contribution in [0.3, 0.4) is 0 Å². The first kappa shape index (κ1) is 13.4. The molecule has 0 unspecified atom stereocenters. The van der Waals surface area contributed by atoms with Gasteiger partial charge < -0.3 is 9.72 Å². The molecule has 0 aliphatic heterocycles. The lowest BCUT2D eigenvalue weighted by atomic mass is 10.2. The monoisotopic (exact) mass is 304 g/mol. The number of halogens is 1. The molecule has 0 saturated heterocycles. The van der Waals surface area contributed by atoms with Crippen LogP contribution >= 0.6 is 11.3 Å². The fourth-order valence-corrected chi connectivity index (χ4v) is 2.60. The van der Waals surface area contributed by atoms with Crippen molar-refractivity contribution in [1.82, 2.24) is 9.97 Å². The molecule has 3 aromatic rings. The van der Waals surface area contributed by atoms with Gasteiger partial charge in [-0.3, -0.25) is 9.59 Å². The largest absolute Gasteiger partial charge is 0.485 e. The van der Waals surface area contributed by atoms with Gasteiger partial charge in [0.1, 0.15) is 28.7 Å². The molecule has 2 heterocycles. The number of carbonyl (C=O) groups excluding carboxylic acids is 1. The van der Waals surface area contributed by atoms with Gasteiger partial charge in [-0.25, -0.2) is 9.37 Å². The van der Waals surface area contributed by atoms with E-state index in [1.807, 2.05) is 0 Å². The summed E-state index contributed by atoms with van der Waals surface area (Å²) in [5.74, 6) is 0.0576. The molecule has 0 aliphatic carbocycles. The molecule has 106 valence electrons. The molecule has 0 atom stereocenters. The van der Waals surface area contributed by atoms with Crippen LogP contribution in [0.2, 0.25) is 0 Å². The van der Waals surface area contributed by atoms with Crippen molar-refractivity contribution >= 4 is 27.8 Å². The third-order valence-electron chi connectivity index (χ3n) is 2.83. The molecule has 2 aromatic heterocycles. The Hall–Kier alpha value is -2.54. The fourth-order valence-electron chi connectivity index (χ4n) is 1.88. The highest BCUT2D eigenvalue weighted by Crippen LogP contribution is 2.19. The van der Waals surface area contributed by atoms with E-state index in [1.54, 1.807) is 11.4 Å². The highest BCUT2D eigenvalue weighted by Gasteiger charge is 2.08. The Morgan fingerprint density at radius 2 is 2.24 bits per heavy atom. The number of fused-ring (bicyclic) bond motifs is 1. The lowest BCUT2D eigenvalue weighted by Gasteiger charge is -2.07. The van der Waals surface area contributed by atoms with Crippen LogP contribution in [0, 0.1) is 5.82 Å². The van der Waals surface area contributed by atoms with Crippen LogP contribution in [0.25, 0.3) is 10.2 Å². The molecule has 0 saturated carbocycles.